The van der Waals surface area contributed by atoms with Gasteiger partial charge in [0.15, 0.2) is 0 Å². The molecule has 2 amide bonds. The number of carbonyl (C=O) groups is 2. The van der Waals surface area contributed by atoms with Crippen molar-refractivity contribution in [1.82, 2.24) is 15.3 Å². The Morgan fingerprint density at radius 2 is 1.94 bits per heavy atom. The van der Waals surface area contributed by atoms with Gasteiger partial charge in [0, 0.05) is 12.2 Å². The van der Waals surface area contributed by atoms with Crippen molar-refractivity contribution >= 4 is 23.8 Å². The van der Waals surface area contributed by atoms with E-state index in [-0.39, 0.29) is 35.5 Å². The Balaban J connectivity index is 1.44. The Bertz CT molecular complexity index is 1040. The van der Waals surface area contributed by atoms with Crippen LogP contribution in [0.25, 0.3) is 0 Å². The molecule has 2 atom stereocenters. The number of amides is 2. The highest BCUT2D eigenvalue weighted by Gasteiger charge is 2.37. The molecule has 2 fully saturated rings. The summed E-state index contributed by atoms with van der Waals surface area (Å²) in [4.78, 5) is 35.1. The first-order valence-electron chi connectivity index (χ1n) is 12.0. The second kappa shape index (κ2) is 10.4. The van der Waals surface area contributed by atoms with E-state index >= 15 is 0 Å². The van der Waals surface area contributed by atoms with Crippen LogP contribution in [0.4, 0.5) is 21.0 Å². The van der Waals surface area contributed by atoms with Crippen LogP contribution in [-0.4, -0.2) is 40.7 Å². The minimum absolute atomic E-state index is 0.0482. The minimum atomic E-state index is -0.561. The molecule has 0 radical (unpaired) electrons. The van der Waals surface area contributed by atoms with Crippen molar-refractivity contribution in [1.29, 1.82) is 0 Å². The van der Waals surface area contributed by atoms with Gasteiger partial charge >= 0.3 is 6.09 Å². The first-order chi connectivity index (χ1) is 16.3. The van der Waals surface area contributed by atoms with E-state index in [9.17, 15) is 14.0 Å². The average Bonchev–Trinajstić information content (AvgIpc) is 3.21. The molecule has 1 aromatic heterocycles. The third-order valence-electron chi connectivity index (χ3n) is 6.59. The van der Waals surface area contributed by atoms with Crippen molar-refractivity contribution in [2.45, 2.75) is 71.0 Å². The van der Waals surface area contributed by atoms with Gasteiger partial charge in [-0.1, -0.05) is 39.2 Å². The Hall–Kier alpha value is -3.23. The highest BCUT2D eigenvalue weighted by molar-refractivity contribution is 5.94. The number of carbonyl (C=O) groups excluding carboxylic acids is 2. The van der Waals surface area contributed by atoms with Gasteiger partial charge in [0.2, 0.25) is 5.95 Å². The number of aromatic nitrogens is 2. The average molecular weight is 470 g/mol. The van der Waals surface area contributed by atoms with Crippen LogP contribution < -0.4 is 15.5 Å². The number of ether oxygens (including phenoxy) is 1. The summed E-state index contributed by atoms with van der Waals surface area (Å²) in [6, 6.07) is 5.97. The maximum Gasteiger partial charge on any atom is 0.415 e. The number of benzene rings is 1. The Labute approximate surface area is 199 Å². The Morgan fingerprint density at radius 3 is 2.65 bits per heavy atom. The molecule has 0 spiro atoms. The summed E-state index contributed by atoms with van der Waals surface area (Å²) in [5.74, 6) is 0.0330. The number of anilines is 2. The van der Waals surface area contributed by atoms with Crippen molar-refractivity contribution in [2.24, 2.45) is 5.92 Å². The van der Waals surface area contributed by atoms with Gasteiger partial charge in [-0.3, -0.25) is 9.69 Å². The molecule has 2 unspecified atom stereocenters. The van der Waals surface area contributed by atoms with Crippen molar-refractivity contribution in [3.63, 3.8) is 0 Å². The van der Waals surface area contributed by atoms with Crippen molar-refractivity contribution in [2.75, 3.05) is 16.8 Å². The van der Waals surface area contributed by atoms with Gasteiger partial charge < -0.3 is 15.4 Å². The number of rotatable bonds is 7. The van der Waals surface area contributed by atoms with Crippen LogP contribution in [-0.2, 0) is 4.74 Å². The molecule has 1 aromatic carbocycles. The molecule has 0 bridgehead atoms. The van der Waals surface area contributed by atoms with Crippen molar-refractivity contribution < 1.29 is 18.7 Å². The summed E-state index contributed by atoms with van der Waals surface area (Å²) in [5.41, 5.74) is 0.702. The third kappa shape index (κ3) is 5.29. The summed E-state index contributed by atoms with van der Waals surface area (Å²) < 4.78 is 20.0. The number of nitrogens with zero attached hydrogens (tertiary/aromatic N) is 3. The number of cyclic esters (lactones) is 1. The lowest BCUT2D eigenvalue weighted by Gasteiger charge is -2.24. The van der Waals surface area contributed by atoms with Gasteiger partial charge in [-0.05, 0) is 49.4 Å². The quantitative estimate of drug-likeness (QED) is 0.603. The molecule has 1 saturated heterocycles. The highest BCUT2D eigenvalue weighted by atomic mass is 19.1. The predicted molar refractivity (Wildman–Crippen MR) is 127 cm³/mol. The number of hydrogen-bond acceptors (Lipinski definition) is 6. The van der Waals surface area contributed by atoms with Crippen LogP contribution >= 0.6 is 0 Å². The van der Waals surface area contributed by atoms with Crippen molar-refractivity contribution in [3.8, 4) is 0 Å². The van der Waals surface area contributed by atoms with Gasteiger partial charge in [0.1, 0.15) is 18.2 Å². The first-order valence-corrected chi connectivity index (χ1v) is 12.0. The van der Waals surface area contributed by atoms with Crippen LogP contribution in [0.15, 0.2) is 30.5 Å². The van der Waals surface area contributed by atoms with E-state index in [1.807, 2.05) is 20.8 Å². The molecule has 34 heavy (non-hydrogen) atoms. The van der Waals surface area contributed by atoms with E-state index in [0.717, 1.165) is 25.7 Å². The third-order valence-corrected chi connectivity index (χ3v) is 6.59. The normalized spacial score (nSPS) is 19.7. The lowest BCUT2D eigenvalue weighted by molar-refractivity contribution is 0.0923. The van der Waals surface area contributed by atoms with Gasteiger partial charge in [-0.25, -0.2) is 14.2 Å². The van der Waals surface area contributed by atoms with Crippen LogP contribution in [0.1, 0.15) is 74.8 Å². The van der Waals surface area contributed by atoms with Crippen LogP contribution in [0.5, 0.6) is 0 Å². The molecular formula is C25H32FN5O3. The number of halogens is 1. The second-order valence-electron chi connectivity index (χ2n) is 9.41. The molecule has 2 heterocycles. The lowest BCUT2D eigenvalue weighted by Crippen LogP contribution is -2.37. The second-order valence-corrected chi connectivity index (χ2v) is 9.41. The van der Waals surface area contributed by atoms with Gasteiger partial charge in [-0.2, -0.15) is 4.98 Å². The van der Waals surface area contributed by atoms with E-state index < -0.39 is 11.9 Å². The molecule has 1 aliphatic carbocycles. The van der Waals surface area contributed by atoms with Gasteiger partial charge in [0.05, 0.1) is 17.6 Å². The summed E-state index contributed by atoms with van der Waals surface area (Å²) in [6.45, 7) is 6.22. The topological polar surface area (TPSA) is 96.5 Å². The standard InChI is InChI=1S/C25H32FN5O3/c1-15(2)21-14-34-25(33)31(21)22-11-12-27-24(30-22)28-16(3)17-9-10-19(20(26)13-17)23(32)29-18-7-5-4-6-8-18/h9-13,15-16,18,21H,4-8,14H2,1-3H3,(H,29,32)(H,27,28,30). The highest BCUT2D eigenvalue weighted by Crippen LogP contribution is 2.27. The van der Waals surface area contributed by atoms with E-state index in [2.05, 4.69) is 20.6 Å². The smallest absolute Gasteiger partial charge is 0.415 e. The maximum absolute atomic E-state index is 14.8. The van der Waals surface area contributed by atoms with Crippen molar-refractivity contribution in [3.05, 3.63) is 47.4 Å². The molecular weight excluding hydrogens is 437 g/mol. The molecule has 182 valence electrons. The molecule has 8 nitrogen and oxygen atoms in total. The Morgan fingerprint density at radius 1 is 1.18 bits per heavy atom. The number of hydrogen-bond donors (Lipinski definition) is 2. The van der Waals surface area contributed by atoms with Crippen LogP contribution in [0.3, 0.4) is 0 Å². The van der Waals surface area contributed by atoms with Gasteiger partial charge in [0.25, 0.3) is 5.91 Å². The van der Waals surface area contributed by atoms with Crippen LogP contribution in [0, 0.1) is 11.7 Å². The van der Waals surface area contributed by atoms with E-state index in [4.69, 9.17) is 4.74 Å². The SMILES string of the molecule is CC(Nc1nccc(N2C(=O)OCC2C(C)C)n1)c1ccc(C(=O)NC2CCCCC2)c(F)c1. The monoisotopic (exact) mass is 469 g/mol. The summed E-state index contributed by atoms with van der Waals surface area (Å²) in [6.07, 6.45) is 6.40. The number of nitrogens with one attached hydrogen (secondary N) is 2. The predicted octanol–water partition coefficient (Wildman–Crippen LogP) is 4.83. The molecule has 4 rings (SSSR count). The fourth-order valence-electron chi connectivity index (χ4n) is 4.51. The van der Waals surface area contributed by atoms with Gasteiger partial charge in [-0.15, -0.1) is 0 Å². The summed E-state index contributed by atoms with van der Waals surface area (Å²) in [7, 11) is 0. The summed E-state index contributed by atoms with van der Waals surface area (Å²) >= 11 is 0. The van der Waals surface area contributed by atoms with E-state index in [1.54, 1.807) is 23.2 Å². The van der Waals surface area contributed by atoms with Crippen LogP contribution in [0.2, 0.25) is 0 Å². The first kappa shape index (κ1) is 23.9. The molecule has 2 aromatic rings. The maximum atomic E-state index is 14.8. The zero-order valence-corrected chi connectivity index (χ0v) is 19.9. The largest absolute Gasteiger partial charge is 0.447 e. The zero-order chi connectivity index (χ0) is 24.2. The zero-order valence-electron chi connectivity index (χ0n) is 19.9. The molecule has 1 saturated carbocycles. The van der Waals surface area contributed by atoms with E-state index in [0.29, 0.717) is 23.9 Å². The van der Waals surface area contributed by atoms with E-state index in [1.165, 1.54) is 18.6 Å². The molecule has 2 aliphatic rings. The Kier molecular flexibility index (Phi) is 7.29. The minimum Gasteiger partial charge on any atom is -0.447 e. The summed E-state index contributed by atoms with van der Waals surface area (Å²) in [5, 5.41) is 6.11. The fraction of sp³-hybridized carbons (Fsp3) is 0.520. The lowest BCUT2D eigenvalue weighted by atomic mass is 9.95. The molecule has 1 aliphatic heterocycles. The fourth-order valence-corrected chi connectivity index (χ4v) is 4.51. The molecule has 2 N–H and O–H groups in total. The molecule has 9 heteroatoms.